The molecule has 3 saturated heterocycles. The molecule has 1 amide bonds. The number of aromatic nitrogens is 2. The van der Waals surface area contributed by atoms with E-state index in [2.05, 4.69) is 9.97 Å². The summed E-state index contributed by atoms with van der Waals surface area (Å²) in [7, 11) is 0. The Morgan fingerprint density at radius 2 is 1.79 bits per heavy atom. The molecule has 0 N–H and O–H groups in total. The van der Waals surface area contributed by atoms with E-state index < -0.39 is 23.4 Å². The van der Waals surface area contributed by atoms with Gasteiger partial charge in [-0.3, -0.25) is 4.79 Å². The van der Waals surface area contributed by atoms with Crippen molar-refractivity contribution in [3.8, 4) is 11.5 Å². The van der Waals surface area contributed by atoms with E-state index in [0.717, 1.165) is 0 Å². The van der Waals surface area contributed by atoms with Crippen molar-refractivity contribution in [2.24, 2.45) is 0 Å². The largest absolute Gasteiger partial charge is 0.444 e. The fourth-order valence-corrected chi connectivity index (χ4v) is 5.40. The molecule has 2 aromatic heterocycles. The van der Waals surface area contributed by atoms with Crippen molar-refractivity contribution in [3.63, 3.8) is 0 Å². The Bertz CT molecular complexity index is 1240. The lowest BCUT2D eigenvalue weighted by molar-refractivity contribution is -0.138. The second-order valence-corrected chi connectivity index (χ2v) is 8.34. The third kappa shape index (κ3) is 2.87. The zero-order chi connectivity index (χ0) is 23.1. The molecule has 2 bridgehead atoms. The van der Waals surface area contributed by atoms with Gasteiger partial charge in [-0.1, -0.05) is 6.07 Å². The predicted molar refractivity (Wildman–Crippen MR) is 104 cm³/mol. The number of carbonyl (C=O) groups is 1. The van der Waals surface area contributed by atoms with Gasteiger partial charge in [0.2, 0.25) is 5.89 Å². The first-order valence-electron chi connectivity index (χ1n) is 10.3. The Hall–Kier alpha value is -3.50. The van der Waals surface area contributed by atoms with Gasteiger partial charge < -0.3 is 14.2 Å². The fourth-order valence-electron chi connectivity index (χ4n) is 5.40. The van der Waals surface area contributed by atoms with Crippen LogP contribution >= 0.6 is 0 Å². The molecule has 3 aliphatic heterocycles. The lowest BCUT2D eigenvalue weighted by Gasteiger charge is -2.29. The highest BCUT2D eigenvalue weighted by Gasteiger charge is 2.70. The second-order valence-electron chi connectivity index (χ2n) is 8.34. The van der Waals surface area contributed by atoms with Crippen LogP contribution in [0.5, 0.6) is 0 Å². The monoisotopic (exact) mass is 462 g/mol. The van der Waals surface area contributed by atoms with Crippen molar-refractivity contribution in [1.82, 2.24) is 14.9 Å². The van der Waals surface area contributed by atoms with E-state index in [1.807, 2.05) is 0 Å². The number of hydrogen-bond donors (Lipinski definition) is 0. The highest BCUT2D eigenvalue weighted by Crippen LogP contribution is 2.55. The molecule has 3 fully saturated rings. The third-order valence-electron chi connectivity index (χ3n) is 6.68. The van der Waals surface area contributed by atoms with E-state index in [9.17, 15) is 26.7 Å². The number of rotatable bonds is 3. The molecule has 1 aromatic carbocycles. The maximum Gasteiger partial charge on any atom is 0.417 e. The van der Waals surface area contributed by atoms with Gasteiger partial charge in [-0.15, -0.1) is 0 Å². The number of pyridine rings is 1. The third-order valence-corrected chi connectivity index (χ3v) is 6.68. The van der Waals surface area contributed by atoms with E-state index in [1.54, 1.807) is 9.80 Å². The number of hydrogen-bond acceptors (Lipinski definition) is 5. The molecule has 3 aromatic rings. The number of amides is 1. The normalized spacial score (nSPS) is 25.5. The van der Waals surface area contributed by atoms with Gasteiger partial charge in [0.25, 0.3) is 5.91 Å². The summed E-state index contributed by atoms with van der Waals surface area (Å²) in [4.78, 5) is 24.5. The van der Waals surface area contributed by atoms with Crippen LogP contribution in [-0.2, 0) is 6.18 Å². The highest BCUT2D eigenvalue weighted by atomic mass is 19.4. The topological polar surface area (TPSA) is 62.2 Å². The summed E-state index contributed by atoms with van der Waals surface area (Å²) < 4.78 is 72.8. The zero-order valence-corrected chi connectivity index (χ0v) is 16.8. The molecular formula is C22H15F5N4O2. The van der Waals surface area contributed by atoms with Crippen LogP contribution < -0.4 is 4.90 Å². The van der Waals surface area contributed by atoms with Gasteiger partial charge in [-0.25, -0.2) is 18.7 Å². The molecule has 3 aliphatic rings. The van der Waals surface area contributed by atoms with Crippen molar-refractivity contribution in [2.45, 2.75) is 43.2 Å². The summed E-state index contributed by atoms with van der Waals surface area (Å²) in [6.45, 7) is 0. The first kappa shape index (κ1) is 20.1. The molecule has 6 rings (SSSR count). The minimum atomic E-state index is -4.69. The molecule has 0 saturated carbocycles. The summed E-state index contributed by atoms with van der Waals surface area (Å²) in [5.74, 6) is -2.23. The Morgan fingerprint density at radius 3 is 2.39 bits per heavy atom. The smallest absolute Gasteiger partial charge is 0.417 e. The molecule has 33 heavy (non-hydrogen) atoms. The predicted octanol–water partition coefficient (Wildman–Crippen LogP) is 4.28. The Labute approximate surface area is 183 Å². The Morgan fingerprint density at radius 1 is 1.06 bits per heavy atom. The fraction of sp³-hybridized carbons (Fsp3) is 0.318. The SMILES string of the molecule is O=C(c1cccc(F)c1-c1ncco1)N1C2CCC1C1C2N1c1ncc(C(F)(F)F)cc1F. The van der Waals surface area contributed by atoms with Crippen molar-refractivity contribution >= 4 is 11.7 Å². The molecule has 4 unspecified atom stereocenters. The lowest BCUT2D eigenvalue weighted by atomic mass is 10.0. The molecule has 170 valence electrons. The van der Waals surface area contributed by atoms with E-state index in [1.165, 1.54) is 30.7 Å². The van der Waals surface area contributed by atoms with Gasteiger partial charge in [0.15, 0.2) is 11.6 Å². The van der Waals surface area contributed by atoms with Gasteiger partial charge in [-0.05, 0) is 31.0 Å². The molecule has 11 heteroatoms. The van der Waals surface area contributed by atoms with E-state index >= 15 is 0 Å². The standard InChI is InChI=1S/C22H15F5N4O2/c23-12-3-1-2-11(16(12)20-28-6-7-33-20)21(32)30-14-4-5-15(30)18-17(14)31(18)19-13(24)8-10(9-29-19)22(25,26)27/h1-3,6-9,14-15,17-18H,4-5H2. The Kier molecular flexibility index (Phi) is 4.12. The zero-order valence-electron chi connectivity index (χ0n) is 16.8. The van der Waals surface area contributed by atoms with Crippen molar-refractivity contribution in [3.05, 3.63) is 65.7 Å². The first-order valence-corrected chi connectivity index (χ1v) is 10.3. The van der Waals surface area contributed by atoms with E-state index in [4.69, 9.17) is 4.42 Å². The van der Waals surface area contributed by atoms with Gasteiger partial charge in [0.1, 0.15) is 12.1 Å². The minimum Gasteiger partial charge on any atom is -0.444 e. The number of alkyl halides is 3. The van der Waals surface area contributed by atoms with Crippen LogP contribution in [0.15, 0.2) is 47.3 Å². The summed E-state index contributed by atoms with van der Waals surface area (Å²) >= 11 is 0. The summed E-state index contributed by atoms with van der Waals surface area (Å²) in [5.41, 5.74) is -1.07. The van der Waals surface area contributed by atoms with Gasteiger partial charge >= 0.3 is 6.18 Å². The molecule has 0 spiro atoms. The van der Waals surface area contributed by atoms with Crippen molar-refractivity contribution in [1.29, 1.82) is 0 Å². The number of nitrogens with zero attached hydrogens (tertiary/aromatic N) is 4. The molecule has 6 nitrogen and oxygen atoms in total. The van der Waals surface area contributed by atoms with Gasteiger partial charge in [0.05, 0.1) is 47.1 Å². The quantitative estimate of drug-likeness (QED) is 0.430. The summed E-state index contributed by atoms with van der Waals surface area (Å²) in [6, 6.07) is 3.54. The second kappa shape index (κ2) is 6.75. The number of halogens is 5. The highest BCUT2D eigenvalue weighted by molar-refractivity contribution is 6.01. The number of carbonyl (C=O) groups excluding carboxylic acids is 1. The van der Waals surface area contributed by atoms with Crippen LogP contribution in [0.25, 0.3) is 11.5 Å². The minimum absolute atomic E-state index is 0.00851. The summed E-state index contributed by atoms with van der Waals surface area (Å²) in [6.07, 6.45) is -0.121. The number of fused-ring (bicyclic) bond motifs is 5. The molecule has 4 atom stereocenters. The number of benzene rings is 1. The first-order chi connectivity index (χ1) is 15.8. The molecule has 5 heterocycles. The number of piperazine rings is 1. The number of oxazole rings is 1. The average Bonchev–Trinajstić information content (AvgIpc) is 3.12. The molecule has 0 radical (unpaired) electrons. The maximum atomic E-state index is 14.6. The Balaban J connectivity index is 1.29. The van der Waals surface area contributed by atoms with Crippen LogP contribution in [0.2, 0.25) is 0 Å². The number of anilines is 1. The lowest BCUT2D eigenvalue weighted by Crippen LogP contribution is -2.43. The van der Waals surface area contributed by atoms with Crippen LogP contribution in [0.4, 0.5) is 27.8 Å². The van der Waals surface area contributed by atoms with Gasteiger partial charge in [-0.2, -0.15) is 13.2 Å². The van der Waals surface area contributed by atoms with E-state index in [-0.39, 0.29) is 52.9 Å². The van der Waals surface area contributed by atoms with Crippen LogP contribution in [-0.4, -0.2) is 44.9 Å². The van der Waals surface area contributed by atoms with Gasteiger partial charge in [0, 0.05) is 6.20 Å². The van der Waals surface area contributed by atoms with E-state index in [0.29, 0.717) is 25.1 Å². The van der Waals surface area contributed by atoms with Crippen LogP contribution in [0.3, 0.4) is 0 Å². The van der Waals surface area contributed by atoms with Crippen molar-refractivity contribution in [2.75, 3.05) is 4.90 Å². The molecule has 0 aliphatic carbocycles. The maximum absolute atomic E-state index is 14.6. The average molecular weight is 462 g/mol. The van der Waals surface area contributed by atoms with Crippen LogP contribution in [0.1, 0.15) is 28.8 Å². The van der Waals surface area contributed by atoms with Crippen molar-refractivity contribution < 1.29 is 31.2 Å². The summed E-state index contributed by atoms with van der Waals surface area (Å²) in [5, 5.41) is 0. The molecular weight excluding hydrogens is 447 g/mol. The van der Waals surface area contributed by atoms with Crippen LogP contribution in [0, 0.1) is 11.6 Å².